The molecule has 4 heteroatoms. The second kappa shape index (κ2) is 6.74. The van der Waals surface area contributed by atoms with Crippen LogP contribution in [-0.4, -0.2) is 23.5 Å². The van der Waals surface area contributed by atoms with Crippen molar-refractivity contribution in [3.05, 3.63) is 28.0 Å². The van der Waals surface area contributed by atoms with Crippen molar-refractivity contribution in [2.45, 2.75) is 38.6 Å². The Morgan fingerprint density at radius 1 is 1.28 bits per heavy atom. The lowest BCUT2D eigenvalue weighted by Crippen LogP contribution is -2.26. The summed E-state index contributed by atoms with van der Waals surface area (Å²) in [5, 5.41) is 1.17. The van der Waals surface area contributed by atoms with Gasteiger partial charge >= 0.3 is 0 Å². The average Bonchev–Trinajstić information content (AvgIpc) is 2.34. The van der Waals surface area contributed by atoms with E-state index in [1.807, 2.05) is 0 Å². The lowest BCUT2D eigenvalue weighted by molar-refractivity contribution is 0.228. The van der Waals surface area contributed by atoms with Gasteiger partial charge in [0, 0.05) is 29.9 Å². The molecule has 0 N–H and O–H groups in total. The summed E-state index contributed by atoms with van der Waals surface area (Å²) in [6.45, 7) is 2.00. The minimum Gasteiger partial charge on any atom is -0.302 e. The molecule has 0 bridgehead atoms. The highest BCUT2D eigenvalue weighted by molar-refractivity contribution is 6.34. The second-order valence-corrected chi connectivity index (χ2v) is 6.09. The van der Waals surface area contributed by atoms with Crippen LogP contribution in [0.2, 0.25) is 10.2 Å². The molecule has 2 nitrogen and oxygen atoms in total. The van der Waals surface area contributed by atoms with Gasteiger partial charge in [-0.25, -0.2) is 4.98 Å². The van der Waals surface area contributed by atoms with E-state index in [0.29, 0.717) is 10.2 Å². The van der Waals surface area contributed by atoms with Crippen LogP contribution in [0.3, 0.4) is 0 Å². The maximum absolute atomic E-state index is 6.17. The van der Waals surface area contributed by atoms with Crippen molar-refractivity contribution in [1.29, 1.82) is 0 Å². The summed E-state index contributed by atoms with van der Waals surface area (Å²) in [6, 6.07) is 1.72. The van der Waals surface area contributed by atoms with E-state index in [1.165, 1.54) is 32.1 Å². The van der Waals surface area contributed by atoms with E-state index in [2.05, 4.69) is 16.9 Å². The van der Waals surface area contributed by atoms with Crippen molar-refractivity contribution >= 4 is 23.2 Å². The van der Waals surface area contributed by atoms with Gasteiger partial charge in [0.1, 0.15) is 5.15 Å². The highest BCUT2D eigenvalue weighted by Gasteiger charge is 2.16. The van der Waals surface area contributed by atoms with Crippen molar-refractivity contribution < 1.29 is 0 Å². The van der Waals surface area contributed by atoms with Crippen LogP contribution in [0, 0.1) is 5.92 Å². The number of aromatic nitrogens is 1. The zero-order valence-corrected chi connectivity index (χ0v) is 12.3. The van der Waals surface area contributed by atoms with Gasteiger partial charge < -0.3 is 4.90 Å². The maximum atomic E-state index is 6.17. The normalized spacial score (nSPS) is 17.3. The molecule has 0 aliphatic heterocycles. The van der Waals surface area contributed by atoms with Gasteiger partial charge in [0.05, 0.1) is 0 Å². The minimum atomic E-state index is 0.457. The fraction of sp³-hybridized carbons (Fsp3) is 0.643. The molecule has 0 spiro atoms. The summed E-state index contributed by atoms with van der Waals surface area (Å²) in [7, 11) is 2.15. The van der Waals surface area contributed by atoms with Crippen molar-refractivity contribution in [3.8, 4) is 0 Å². The van der Waals surface area contributed by atoms with E-state index in [1.54, 1.807) is 12.3 Å². The molecular weight excluding hydrogens is 267 g/mol. The Hall–Kier alpha value is -0.310. The van der Waals surface area contributed by atoms with Gasteiger partial charge in [-0.15, -0.1) is 0 Å². The standard InChI is InChI=1S/C14H20Cl2N2/c1-18(9-11-5-3-2-4-6-11)10-12-8-17-14(16)7-13(12)15/h7-8,11H,2-6,9-10H2,1H3. The Morgan fingerprint density at radius 2 is 2.00 bits per heavy atom. The number of nitrogens with zero attached hydrogens (tertiary/aromatic N) is 2. The molecule has 0 saturated heterocycles. The fourth-order valence-electron chi connectivity index (χ4n) is 2.72. The first-order valence-corrected chi connectivity index (χ1v) is 7.39. The first-order valence-electron chi connectivity index (χ1n) is 6.63. The van der Waals surface area contributed by atoms with Crippen LogP contribution < -0.4 is 0 Å². The summed E-state index contributed by atoms with van der Waals surface area (Å²) in [5.74, 6) is 0.850. The predicted octanol–water partition coefficient (Wildman–Crippen LogP) is 4.40. The first kappa shape index (κ1) is 14.1. The summed E-state index contributed by atoms with van der Waals surface area (Å²) < 4.78 is 0. The molecule has 0 atom stereocenters. The Balaban J connectivity index is 1.87. The highest BCUT2D eigenvalue weighted by atomic mass is 35.5. The molecule has 0 aromatic carbocycles. The van der Waals surface area contributed by atoms with Gasteiger partial charge in [-0.3, -0.25) is 0 Å². The number of hydrogen-bond acceptors (Lipinski definition) is 2. The van der Waals surface area contributed by atoms with Crippen LogP contribution >= 0.6 is 23.2 Å². The minimum absolute atomic E-state index is 0.457. The third-order valence-electron chi connectivity index (χ3n) is 3.63. The summed E-state index contributed by atoms with van der Waals surface area (Å²) in [4.78, 5) is 6.43. The largest absolute Gasteiger partial charge is 0.302 e. The maximum Gasteiger partial charge on any atom is 0.130 e. The molecule has 1 aromatic heterocycles. The molecule has 1 aliphatic carbocycles. The molecule has 100 valence electrons. The van der Waals surface area contributed by atoms with E-state index < -0.39 is 0 Å². The van der Waals surface area contributed by atoms with Gasteiger partial charge in [0.2, 0.25) is 0 Å². The molecule has 18 heavy (non-hydrogen) atoms. The second-order valence-electron chi connectivity index (χ2n) is 5.30. The van der Waals surface area contributed by atoms with E-state index in [0.717, 1.165) is 24.6 Å². The fourth-order valence-corrected chi connectivity index (χ4v) is 3.14. The molecule has 2 rings (SSSR count). The zero-order valence-electron chi connectivity index (χ0n) is 10.8. The van der Waals surface area contributed by atoms with Gasteiger partial charge in [-0.05, 0) is 31.9 Å². The lowest BCUT2D eigenvalue weighted by Gasteiger charge is -2.27. The molecule has 0 unspecified atom stereocenters. The van der Waals surface area contributed by atoms with Crippen LogP contribution in [0.1, 0.15) is 37.7 Å². The van der Waals surface area contributed by atoms with Crippen LogP contribution in [0.25, 0.3) is 0 Å². The Labute approximate surface area is 119 Å². The van der Waals surface area contributed by atoms with E-state index >= 15 is 0 Å². The summed E-state index contributed by atoms with van der Waals surface area (Å²) in [5.41, 5.74) is 1.05. The molecule has 1 heterocycles. The van der Waals surface area contributed by atoms with Crippen molar-refractivity contribution in [1.82, 2.24) is 9.88 Å². The van der Waals surface area contributed by atoms with Crippen LogP contribution in [0.15, 0.2) is 12.3 Å². The average molecular weight is 287 g/mol. The van der Waals surface area contributed by atoms with E-state index in [9.17, 15) is 0 Å². The summed E-state index contributed by atoms with van der Waals surface area (Å²) >= 11 is 12.0. The predicted molar refractivity (Wildman–Crippen MR) is 77.2 cm³/mol. The van der Waals surface area contributed by atoms with Crippen molar-refractivity contribution in [2.75, 3.05) is 13.6 Å². The molecule has 0 amide bonds. The Kier molecular flexibility index (Phi) is 5.28. The Bertz CT molecular complexity index is 389. The molecule has 0 radical (unpaired) electrons. The number of halogens is 2. The van der Waals surface area contributed by atoms with Crippen LogP contribution in [0.4, 0.5) is 0 Å². The SMILES string of the molecule is CN(Cc1cnc(Cl)cc1Cl)CC1CCCCC1. The van der Waals surface area contributed by atoms with E-state index in [4.69, 9.17) is 23.2 Å². The monoisotopic (exact) mass is 286 g/mol. The molecule has 1 aliphatic rings. The third-order valence-corrected chi connectivity index (χ3v) is 4.19. The van der Waals surface area contributed by atoms with Crippen molar-refractivity contribution in [3.63, 3.8) is 0 Å². The van der Waals surface area contributed by atoms with Gasteiger partial charge in [0.15, 0.2) is 0 Å². The number of hydrogen-bond donors (Lipinski definition) is 0. The van der Waals surface area contributed by atoms with Crippen LogP contribution in [-0.2, 0) is 6.54 Å². The smallest absolute Gasteiger partial charge is 0.130 e. The molecular formula is C14H20Cl2N2. The van der Waals surface area contributed by atoms with Crippen molar-refractivity contribution in [2.24, 2.45) is 5.92 Å². The topological polar surface area (TPSA) is 16.1 Å². The van der Waals surface area contributed by atoms with Gasteiger partial charge in [-0.1, -0.05) is 42.5 Å². The first-order chi connectivity index (χ1) is 8.65. The summed E-state index contributed by atoms with van der Waals surface area (Å²) in [6.07, 6.45) is 8.71. The quantitative estimate of drug-likeness (QED) is 0.763. The number of rotatable bonds is 4. The highest BCUT2D eigenvalue weighted by Crippen LogP contribution is 2.25. The Morgan fingerprint density at radius 3 is 2.67 bits per heavy atom. The molecule has 1 saturated carbocycles. The molecule has 1 aromatic rings. The lowest BCUT2D eigenvalue weighted by atomic mass is 9.89. The van der Waals surface area contributed by atoms with Gasteiger partial charge in [-0.2, -0.15) is 0 Å². The molecule has 1 fully saturated rings. The zero-order chi connectivity index (χ0) is 13.0. The van der Waals surface area contributed by atoms with E-state index in [-0.39, 0.29) is 0 Å². The third kappa shape index (κ3) is 4.11. The number of pyridine rings is 1. The van der Waals surface area contributed by atoms with Crippen LogP contribution in [0.5, 0.6) is 0 Å². The van der Waals surface area contributed by atoms with Gasteiger partial charge in [0.25, 0.3) is 0 Å².